The summed E-state index contributed by atoms with van der Waals surface area (Å²) in [4.78, 5) is 0. The molecule has 1 rings (SSSR count). The Bertz CT molecular complexity index is 230. The van der Waals surface area contributed by atoms with Crippen molar-refractivity contribution in [2.45, 2.75) is 26.2 Å². The van der Waals surface area contributed by atoms with Gasteiger partial charge in [-0.2, -0.15) is 0 Å². The average molecular weight is 163 g/mol. The Morgan fingerprint density at radius 3 is 3.00 bits per heavy atom. The lowest BCUT2D eigenvalue weighted by molar-refractivity contribution is 0.409. The van der Waals surface area contributed by atoms with Crippen LogP contribution in [0.4, 0.5) is 0 Å². The van der Waals surface area contributed by atoms with Gasteiger partial charge in [0.25, 0.3) is 0 Å². The zero-order chi connectivity index (χ0) is 8.81. The van der Waals surface area contributed by atoms with Crippen molar-refractivity contribution in [1.29, 1.82) is 0 Å². The van der Waals surface area contributed by atoms with Gasteiger partial charge in [-0.3, -0.25) is 0 Å². The predicted molar refractivity (Wildman–Crippen MR) is 50.4 cm³/mol. The van der Waals surface area contributed by atoms with Gasteiger partial charge in [0.2, 0.25) is 0 Å². The Kier molecular flexibility index (Phi) is 3.65. The normalized spacial score (nSPS) is 9.83. The molecule has 0 bridgehead atoms. The van der Waals surface area contributed by atoms with Crippen molar-refractivity contribution in [3.05, 3.63) is 29.8 Å². The van der Waals surface area contributed by atoms with Crippen molar-refractivity contribution in [1.82, 2.24) is 0 Å². The Balaban J connectivity index is 2.68. The second kappa shape index (κ2) is 4.81. The molecule has 0 aliphatic rings. The lowest BCUT2D eigenvalue weighted by Gasteiger charge is -2.05. The van der Waals surface area contributed by atoms with E-state index in [1.54, 1.807) is 7.11 Å². The van der Waals surface area contributed by atoms with Gasteiger partial charge in [-0.05, 0) is 25.0 Å². The first-order chi connectivity index (χ1) is 5.88. The van der Waals surface area contributed by atoms with Crippen LogP contribution >= 0.6 is 0 Å². The largest absolute Gasteiger partial charge is 0.496 e. The third-order valence-electron chi connectivity index (χ3n) is 1.90. The highest BCUT2D eigenvalue weighted by atomic mass is 16.5. The minimum Gasteiger partial charge on any atom is -0.496 e. The van der Waals surface area contributed by atoms with E-state index in [4.69, 9.17) is 4.74 Å². The van der Waals surface area contributed by atoms with E-state index in [9.17, 15) is 0 Å². The van der Waals surface area contributed by atoms with Gasteiger partial charge in [-0.1, -0.05) is 25.5 Å². The molecule has 0 N–H and O–H groups in total. The van der Waals surface area contributed by atoms with Crippen LogP contribution in [0.2, 0.25) is 0 Å². The van der Waals surface area contributed by atoms with E-state index >= 15 is 0 Å². The van der Waals surface area contributed by atoms with Crippen molar-refractivity contribution < 1.29 is 4.74 Å². The fourth-order valence-electron chi connectivity index (χ4n) is 1.20. The molecule has 1 heteroatoms. The second-order valence-corrected chi connectivity index (χ2v) is 2.82. The quantitative estimate of drug-likeness (QED) is 0.663. The Hall–Kier alpha value is -0.980. The van der Waals surface area contributed by atoms with Gasteiger partial charge in [0, 0.05) is 5.56 Å². The molecule has 0 heterocycles. The number of hydrogen-bond acceptors (Lipinski definition) is 1. The number of unbranched alkanes of at least 4 members (excludes halogenated alkanes) is 1. The number of rotatable bonds is 4. The van der Waals surface area contributed by atoms with Crippen molar-refractivity contribution >= 4 is 0 Å². The molecule has 0 unspecified atom stereocenters. The van der Waals surface area contributed by atoms with Crippen LogP contribution in [0.3, 0.4) is 0 Å². The fraction of sp³-hybridized carbons (Fsp3) is 0.455. The molecule has 65 valence electrons. The molecule has 0 aliphatic heterocycles. The van der Waals surface area contributed by atoms with Gasteiger partial charge in [0.1, 0.15) is 5.75 Å². The summed E-state index contributed by atoms with van der Waals surface area (Å²) in [7, 11) is 1.71. The van der Waals surface area contributed by atoms with E-state index in [1.807, 2.05) is 18.2 Å². The van der Waals surface area contributed by atoms with Gasteiger partial charge >= 0.3 is 0 Å². The molecule has 12 heavy (non-hydrogen) atoms. The summed E-state index contributed by atoms with van der Waals surface area (Å²) in [5.74, 6) is 0.964. The molecular weight excluding hydrogens is 148 g/mol. The number of ether oxygens (including phenoxy) is 1. The van der Waals surface area contributed by atoms with Crippen molar-refractivity contribution in [2.24, 2.45) is 0 Å². The van der Waals surface area contributed by atoms with E-state index < -0.39 is 0 Å². The molecule has 0 saturated carbocycles. The number of aryl methyl sites for hydroxylation is 1. The zero-order valence-electron chi connectivity index (χ0n) is 7.76. The molecule has 1 aromatic carbocycles. The Labute approximate surface area is 74.4 Å². The van der Waals surface area contributed by atoms with E-state index in [-0.39, 0.29) is 0 Å². The highest BCUT2D eigenvalue weighted by molar-refractivity contribution is 5.32. The van der Waals surface area contributed by atoms with Crippen LogP contribution in [-0.4, -0.2) is 7.11 Å². The van der Waals surface area contributed by atoms with Crippen LogP contribution in [0.25, 0.3) is 0 Å². The highest BCUT2D eigenvalue weighted by Crippen LogP contribution is 2.18. The van der Waals surface area contributed by atoms with E-state index in [2.05, 4.69) is 13.0 Å². The summed E-state index contributed by atoms with van der Waals surface area (Å²) in [6.07, 6.45) is 3.49. The van der Waals surface area contributed by atoms with Crippen LogP contribution in [0.15, 0.2) is 18.2 Å². The highest BCUT2D eigenvalue weighted by Gasteiger charge is 1.99. The summed E-state index contributed by atoms with van der Waals surface area (Å²) < 4.78 is 5.21. The lowest BCUT2D eigenvalue weighted by Crippen LogP contribution is -1.91. The monoisotopic (exact) mass is 163 g/mol. The zero-order valence-corrected chi connectivity index (χ0v) is 7.76. The standard InChI is InChI=1S/C11H15O/c1-3-4-7-10-8-5-6-9-11(10)12-2/h5-6,9H,3-4,7H2,1-2H3. The van der Waals surface area contributed by atoms with Gasteiger partial charge in [0.05, 0.1) is 7.11 Å². The smallest absolute Gasteiger partial charge is 0.122 e. The average Bonchev–Trinajstić information content (AvgIpc) is 2.15. The van der Waals surface area contributed by atoms with Crippen LogP contribution in [0.5, 0.6) is 5.75 Å². The molecule has 1 nitrogen and oxygen atoms in total. The number of hydrogen-bond donors (Lipinski definition) is 0. The summed E-state index contributed by atoms with van der Waals surface area (Å²) in [5.41, 5.74) is 1.20. The summed E-state index contributed by atoms with van der Waals surface area (Å²) >= 11 is 0. The first kappa shape index (κ1) is 9.11. The van der Waals surface area contributed by atoms with Crippen LogP contribution < -0.4 is 4.74 Å². The SMILES string of the molecule is CCCCc1[c]cccc1OC. The molecule has 0 fully saturated rings. The minimum absolute atomic E-state index is 0.964. The van der Waals surface area contributed by atoms with Gasteiger partial charge in [-0.15, -0.1) is 0 Å². The lowest BCUT2D eigenvalue weighted by atomic mass is 10.1. The summed E-state index contributed by atoms with van der Waals surface area (Å²) in [5, 5.41) is 0. The number of methoxy groups -OCH3 is 1. The van der Waals surface area contributed by atoms with Crippen molar-refractivity contribution in [2.75, 3.05) is 7.11 Å². The number of benzene rings is 1. The Morgan fingerprint density at radius 2 is 2.33 bits per heavy atom. The fourth-order valence-corrected chi connectivity index (χ4v) is 1.20. The maximum absolute atomic E-state index is 5.21. The van der Waals surface area contributed by atoms with Gasteiger partial charge < -0.3 is 4.74 Å². The summed E-state index contributed by atoms with van der Waals surface area (Å²) in [6.45, 7) is 2.19. The molecule has 0 saturated heterocycles. The molecule has 0 aromatic heterocycles. The third kappa shape index (κ3) is 2.26. The van der Waals surface area contributed by atoms with Crippen molar-refractivity contribution in [3.8, 4) is 5.75 Å². The maximum atomic E-state index is 5.21. The van der Waals surface area contributed by atoms with Gasteiger partial charge in [-0.25, -0.2) is 0 Å². The van der Waals surface area contributed by atoms with Crippen LogP contribution in [0, 0.1) is 6.07 Å². The molecule has 0 aliphatic carbocycles. The van der Waals surface area contributed by atoms with Crippen LogP contribution in [0.1, 0.15) is 25.3 Å². The minimum atomic E-state index is 0.964. The Morgan fingerprint density at radius 1 is 1.50 bits per heavy atom. The van der Waals surface area contributed by atoms with Crippen molar-refractivity contribution in [3.63, 3.8) is 0 Å². The van der Waals surface area contributed by atoms with Gasteiger partial charge in [0.15, 0.2) is 0 Å². The van der Waals surface area contributed by atoms with E-state index in [0.717, 1.165) is 12.2 Å². The molecular formula is C11H15O. The first-order valence-corrected chi connectivity index (χ1v) is 4.42. The van der Waals surface area contributed by atoms with E-state index in [0.29, 0.717) is 0 Å². The molecule has 0 atom stereocenters. The first-order valence-electron chi connectivity index (χ1n) is 4.42. The molecule has 1 radical (unpaired) electrons. The topological polar surface area (TPSA) is 9.23 Å². The third-order valence-corrected chi connectivity index (χ3v) is 1.90. The predicted octanol–water partition coefficient (Wildman–Crippen LogP) is 2.84. The van der Waals surface area contributed by atoms with Crippen LogP contribution in [-0.2, 0) is 6.42 Å². The second-order valence-electron chi connectivity index (χ2n) is 2.82. The van der Waals surface area contributed by atoms with E-state index in [1.165, 1.54) is 18.4 Å². The molecule has 0 spiro atoms. The molecule has 0 amide bonds. The maximum Gasteiger partial charge on any atom is 0.122 e. The molecule has 1 aromatic rings. The summed E-state index contributed by atoms with van der Waals surface area (Å²) in [6, 6.07) is 9.08.